The summed E-state index contributed by atoms with van der Waals surface area (Å²) in [7, 11) is 0. The average molecular weight is 677 g/mol. The summed E-state index contributed by atoms with van der Waals surface area (Å²) < 4.78 is 7.05. The van der Waals surface area contributed by atoms with Crippen molar-refractivity contribution in [2.24, 2.45) is 0 Å². The molecule has 0 spiro atoms. The molecular formula is C49H32N4. The number of benzene rings is 7. The van der Waals surface area contributed by atoms with E-state index in [4.69, 9.17) is 4.98 Å². The van der Waals surface area contributed by atoms with Crippen LogP contribution in [0.2, 0.25) is 0 Å². The molecule has 248 valence electrons. The summed E-state index contributed by atoms with van der Waals surface area (Å²) in [6.07, 6.45) is 6.27. The highest BCUT2D eigenvalue weighted by Gasteiger charge is 2.18. The molecule has 53 heavy (non-hydrogen) atoms. The van der Waals surface area contributed by atoms with E-state index in [-0.39, 0.29) is 0 Å². The summed E-state index contributed by atoms with van der Waals surface area (Å²) in [6.45, 7) is 0. The molecule has 8 aromatic carbocycles. The molecule has 0 saturated heterocycles. The van der Waals surface area contributed by atoms with Crippen LogP contribution in [-0.4, -0.2) is 18.7 Å². The maximum absolute atomic E-state index is 5.16. The summed E-state index contributed by atoms with van der Waals surface area (Å²) in [5.41, 5.74) is 8.89. The fourth-order valence-electron chi connectivity index (χ4n) is 8.49. The Hall–Kier alpha value is -7.17. The van der Waals surface area contributed by atoms with E-state index in [1.165, 1.54) is 43.4 Å². The monoisotopic (exact) mass is 676 g/mol. The normalized spacial score (nSPS) is 11.8. The van der Waals surface area contributed by atoms with Gasteiger partial charge in [-0.15, -0.1) is 0 Å². The lowest BCUT2D eigenvalue weighted by atomic mass is 9.94. The molecule has 4 heteroatoms. The Labute approximate surface area is 305 Å². The summed E-state index contributed by atoms with van der Waals surface area (Å²) in [5, 5.41) is 10.6. The molecule has 0 bridgehead atoms. The van der Waals surface area contributed by atoms with Crippen LogP contribution in [0, 0.1) is 0 Å². The van der Waals surface area contributed by atoms with Gasteiger partial charge < -0.3 is 13.7 Å². The topological polar surface area (TPSA) is 27.7 Å². The molecule has 0 amide bonds. The molecule has 0 aliphatic carbocycles. The van der Waals surface area contributed by atoms with Gasteiger partial charge in [-0.3, -0.25) is 4.98 Å². The highest BCUT2D eigenvalue weighted by Crippen LogP contribution is 2.41. The Morgan fingerprint density at radius 1 is 0.340 bits per heavy atom. The molecule has 0 N–H and O–H groups in total. The van der Waals surface area contributed by atoms with Crippen LogP contribution in [0.25, 0.3) is 93.1 Å². The zero-order chi connectivity index (χ0) is 34.9. The van der Waals surface area contributed by atoms with E-state index >= 15 is 0 Å². The SMILES string of the molecule is c1ccc(-n2ccn(-c3ccccc3)c3cc4c(cc32)c2cccc(-n3c5ccccc5c5ccccc53)c2c2ccccc2c2cccnc24)cc1. The lowest BCUT2D eigenvalue weighted by Gasteiger charge is -2.19. The molecule has 3 aromatic heterocycles. The van der Waals surface area contributed by atoms with Crippen molar-refractivity contribution in [2.45, 2.75) is 0 Å². The minimum absolute atomic E-state index is 0.972. The second kappa shape index (κ2) is 11.7. The van der Waals surface area contributed by atoms with Crippen LogP contribution in [0.15, 0.2) is 195 Å². The van der Waals surface area contributed by atoms with Crippen LogP contribution in [0.1, 0.15) is 0 Å². The standard InChI is InChI=1S/C49H32N4/c1-3-15-33(16-4-1)51-29-30-52(34-17-5-2-6-18-34)47-32-42-41(31-46(47)51)39-23-13-27-45(53-43-25-11-9-20-36(43)37-21-10-12-26-44(37)53)48(39)38-22-8-7-19-35(38)40-24-14-28-50-49(40)42/h1-32H. The average Bonchev–Trinajstić information content (AvgIpc) is 3.57. The number of para-hydroxylation sites is 4. The van der Waals surface area contributed by atoms with E-state index in [0.29, 0.717) is 0 Å². The van der Waals surface area contributed by atoms with Gasteiger partial charge in [0.15, 0.2) is 0 Å². The number of nitrogens with zero attached hydrogens (tertiary/aromatic N) is 4. The largest absolute Gasteiger partial charge is 0.314 e. The van der Waals surface area contributed by atoms with Gasteiger partial charge in [0.1, 0.15) is 0 Å². The van der Waals surface area contributed by atoms with Crippen LogP contribution in [0.4, 0.5) is 0 Å². The highest BCUT2D eigenvalue weighted by atomic mass is 15.0. The summed E-state index contributed by atoms with van der Waals surface area (Å²) in [6, 6.07) is 63.4. The van der Waals surface area contributed by atoms with Crippen molar-refractivity contribution in [1.29, 1.82) is 0 Å². The molecule has 0 fully saturated rings. The lowest BCUT2D eigenvalue weighted by molar-refractivity contribution is 1.01. The number of fused-ring (bicyclic) bond motifs is 12. The molecule has 0 radical (unpaired) electrons. The quantitative estimate of drug-likeness (QED) is 0.183. The van der Waals surface area contributed by atoms with Crippen molar-refractivity contribution >= 4 is 76.1 Å². The Kier molecular flexibility index (Phi) is 6.52. The Balaban J connectivity index is 1.41. The second-order valence-corrected chi connectivity index (χ2v) is 13.6. The molecular weight excluding hydrogens is 645 g/mol. The minimum atomic E-state index is 0.972. The maximum Gasteiger partial charge on any atom is 0.0787 e. The van der Waals surface area contributed by atoms with Crippen LogP contribution in [0.5, 0.6) is 0 Å². The first-order chi connectivity index (χ1) is 26.3. The Morgan fingerprint density at radius 3 is 1.47 bits per heavy atom. The molecule has 11 rings (SSSR count). The van der Waals surface area contributed by atoms with Gasteiger partial charge in [0.2, 0.25) is 0 Å². The van der Waals surface area contributed by atoms with Crippen molar-refractivity contribution in [3.05, 3.63) is 195 Å². The van der Waals surface area contributed by atoms with Crippen molar-refractivity contribution < 1.29 is 0 Å². The van der Waals surface area contributed by atoms with Gasteiger partial charge in [-0.2, -0.15) is 0 Å². The number of aromatic nitrogens is 4. The van der Waals surface area contributed by atoms with E-state index in [1.54, 1.807) is 0 Å². The van der Waals surface area contributed by atoms with Gasteiger partial charge in [-0.05, 0) is 82.2 Å². The summed E-state index contributed by atoms with van der Waals surface area (Å²) >= 11 is 0. The zero-order valence-electron chi connectivity index (χ0n) is 28.8. The maximum atomic E-state index is 5.16. The molecule has 3 heterocycles. The third-order valence-corrected chi connectivity index (χ3v) is 10.8. The van der Waals surface area contributed by atoms with Gasteiger partial charge in [0.05, 0.1) is 33.3 Å². The van der Waals surface area contributed by atoms with Crippen molar-refractivity contribution in [3.63, 3.8) is 0 Å². The van der Waals surface area contributed by atoms with Gasteiger partial charge >= 0.3 is 0 Å². The molecule has 0 atom stereocenters. The smallest absolute Gasteiger partial charge is 0.0787 e. The van der Waals surface area contributed by atoms with Gasteiger partial charge in [-0.1, -0.05) is 115 Å². The van der Waals surface area contributed by atoms with Crippen LogP contribution in [0.3, 0.4) is 0 Å². The minimum Gasteiger partial charge on any atom is -0.314 e. The number of hydrogen-bond acceptors (Lipinski definition) is 1. The molecule has 0 saturated carbocycles. The second-order valence-electron chi connectivity index (χ2n) is 13.6. The predicted molar refractivity (Wildman–Crippen MR) is 222 cm³/mol. The van der Waals surface area contributed by atoms with E-state index in [9.17, 15) is 0 Å². The first-order valence-electron chi connectivity index (χ1n) is 18.1. The highest BCUT2D eigenvalue weighted by molar-refractivity contribution is 6.28. The Morgan fingerprint density at radius 2 is 0.830 bits per heavy atom. The van der Waals surface area contributed by atoms with Crippen molar-refractivity contribution in [1.82, 2.24) is 18.7 Å². The third kappa shape index (κ3) is 4.46. The molecule has 0 aliphatic rings. The van der Waals surface area contributed by atoms with Gasteiger partial charge in [0, 0.05) is 56.9 Å². The van der Waals surface area contributed by atoms with Crippen LogP contribution < -0.4 is 0 Å². The first-order valence-corrected chi connectivity index (χ1v) is 18.1. The lowest BCUT2D eigenvalue weighted by Crippen LogP contribution is -2.05. The fraction of sp³-hybridized carbons (Fsp3) is 0. The van der Waals surface area contributed by atoms with Crippen molar-refractivity contribution in [2.75, 3.05) is 0 Å². The summed E-state index contributed by atoms with van der Waals surface area (Å²) in [5.74, 6) is 0. The van der Waals surface area contributed by atoms with E-state index < -0.39 is 0 Å². The van der Waals surface area contributed by atoms with E-state index in [2.05, 4.69) is 202 Å². The van der Waals surface area contributed by atoms with E-state index in [1.807, 2.05) is 6.20 Å². The molecule has 0 aliphatic heterocycles. The van der Waals surface area contributed by atoms with Gasteiger partial charge in [0.25, 0.3) is 0 Å². The predicted octanol–water partition coefficient (Wildman–Crippen LogP) is 12.7. The Bertz CT molecular complexity index is 3220. The zero-order valence-corrected chi connectivity index (χ0v) is 28.8. The number of pyridine rings is 1. The fourth-order valence-corrected chi connectivity index (χ4v) is 8.49. The third-order valence-electron chi connectivity index (χ3n) is 10.8. The van der Waals surface area contributed by atoms with Crippen molar-refractivity contribution in [3.8, 4) is 17.1 Å². The first kappa shape index (κ1) is 29.5. The van der Waals surface area contributed by atoms with Crippen LogP contribution in [-0.2, 0) is 0 Å². The number of rotatable bonds is 3. The van der Waals surface area contributed by atoms with E-state index in [0.717, 1.165) is 49.8 Å². The molecule has 4 nitrogen and oxygen atoms in total. The number of hydrogen-bond donors (Lipinski definition) is 0. The molecule has 11 aromatic rings. The van der Waals surface area contributed by atoms with Crippen LogP contribution >= 0.6 is 0 Å². The van der Waals surface area contributed by atoms with Gasteiger partial charge in [-0.25, -0.2) is 0 Å². The molecule has 0 unspecified atom stereocenters. The summed E-state index contributed by atoms with van der Waals surface area (Å²) in [4.78, 5) is 5.16.